The molecule has 1 saturated heterocycles. The van der Waals surface area contributed by atoms with Crippen LogP contribution in [0.15, 0.2) is 12.2 Å². The van der Waals surface area contributed by atoms with E-state index in [0.717, 1.165) is 32.1 Å². The van der Waals surface area contributed by atoms with Crippen molar-refractivity contribution in [1.82, 2.24) is 0 Å². The van der Waals surface area contributed by atoms with E-state index in [4.69, 9.17) is 14.4 Å². The molecule has 0 aliphatic carbocycles. The molecule has 0 spiro atoms. The van der Waals surface area contributed by atoms with E-state index < -0.39 is 20.0 Å². The van der Waals surface area contributed by atoms with Crippen LogP contribution in [0, 0.1) is 0 Å². The molecule has 1 aliphatic heterocycles. The number of carbonyl (C=O) groups is 1. The van der Waals surface area contributed by atoms with Crippen molar-refractivity contribution in [3.8, 4) is 0 Å². The van der Waals surface area contributed by atoms with E-state index in [0.29, 0.717) is 19.4 Å². The molecule has 9 heteroatoms. The maximum Gasteiger partial charge on any atom is 1.00 e. The fourth-order valence-corrected chi connectivity index (χ4v) is 4.20. The number of ether oxygens (including phenoxy) is 2. The number of rotatable bonds is 18. The molecule has 3 atom stereocenters. The van der Waals surface area contributed by atoms with Gasteiger partial charge in [-0.25, -0.2) is 0 Å². The van der Waals surface area contributed by atoms with Crippen molar-refractivity contribution < 1.29 is 62.7 Å². The third-order valence-electron chi connectivity index (χ3n) is 5.44. The molecule has 1 fully saturated rings. The Morgan fingerprint density at radius 1 is 1.00 bits per heavy atom. The molecule has 32 heavy (non-hydrogen) atoms. The second kappa shape index (κ2) is 20.6. The van der Waals surface area contributed by atoms with Gasteiger partial charge in [0.1, 0.15) is 12.2 Å². The van der Waals surface area contributed by atoms with Gasteiger partial charge in [-0.15, -0.1) is 0 Å². The molecule has 0 aromatic rings. The molecule has 0 aromatic carbocycles. The first-order valence-electron chi connectivity index (χ1n) is 12.1. The van der Waals surface area contributed by atoms with Gasteiger partial charge < -0.3 is 23.8 Å². The van der Waals surface area contributed by atoms with Crippen LogP contribution in [0.4, 0.5) is 0 Å². The summed E-state index contributed by atoms with van der Waals surface area (Å²) in [4.78, 5) is 31.8. The predicted molar refractivity (Wildman–Crippen MR) is 119 cm³/mol. The van der Waals surface area contributed by atoms with Gasteiger partial charge in [-0.2, -0.15) is 0 Å². The van der Waals surface area contributed by atoms with Gasteiger partial charge in [-0.1, -0.05) is 70.4 Å². The van der Waals surface area contributed by atoms with Gasteiger partial charge in [-0.05, 0) is 32.1 Å². The maximum atomic E-state index is 12.0. The average Bonchev–Trinajstić information content (AvgIpc) is 2.71. The number of phosphoric ester groups is 1. The summed E-state index contributed by atoms with van der Waals surface area (Å²) in [7, 11) is -4.89. The first-order valence-corrected chi connectivity index (χ1v) is 13.6. The van der Waals surface area contributed by atoms with Crippen LogP contribution < -0.4 is 34.5 Å². The average molecular weight is 485 g/mol. The molecular weight excluding hydrogens is 442 g/mol. The molecular formula is C23H42NaO7P. The molecule has 0 radical (unpaired) electrons. The molecule has 1 heterocycles. The minimum atomic E-state index is -4.89. The van der Waals surface area contributed by atoms with E-state index in [-0.39, 0.29) is 42.1 Å². The summed E-state index contributed by atoms with van der Waals surface area (Å²) >= 11 is 0. The Morgan fingerprint density at radius 3 is 2.16 bits per heavy atom. The molecule has 1 N–H and O–H groups in total. The van der Waals surface area contributed by atoms with Gasteiger partial charge >= 0.3 is 35.5 Å². The molecule has 0 bridgehead atoms. The van der Waals surface area contributed by atoms with Gasteiger partial charge in [0.15, 0.2) is 0 Å². The van der Waals surface area contributed by atoms with Crippen molar-refractivity contribution in [2.24, 2.45) is 0 Å². The van der Waals surface area contributed by atoms with Crippen molar-refractivity contribution in [3.05, 3.63) is 12.2 Å². The number of hydrogen-bond donors (Lipinski definition) is 1. The van der Waals surface area contributed by atoms with Gasteiger partial charge in [-0.3, -0.25) is 9.36 Å². The molecule has 1 unspecified atom stereocenters. The number of carbonyl (C=O) groups excluding carboxylic acids is 1. The Bertz CT molecular complexity index is 538. The van der Waals surface area contributed by atoms with Crippen LogP contribution in [-0.4, -0.2) is 36.3 Å². The maximum absolute atomic E-state index is 12.0. The SMILES string of the molecule is CCCCCCCC/C=C/CCCCCCCC(=O)O[C@@H]1CCOC[C@@H]1OP(=O)([O-])O.[Na+]. The Balaban J connectivity index is 0.00000961. The summed E-state index contributed by atoms with van der Waals surface area (Å²) in [6.45, 7) is 2.58. The first-order chi connectivity index (χ1) is 14.9. The second-order valence-electron chi connectivity index (χ2n) is 8.34. The smallest absolute Gasteiger partial charge is 0.756 e. The zero-order valence-corrected chi connectivity index (χ0v) is 23.1. The predicted octanol–water partition coefficient (Wildman–Crippen LogP) is 2.21. The fraction of sp³-hybridized carbons (Fsp3) is 0.870. The van der Waals surface area contributed by atoms with Crippen LogP contribution in [0.25, 0.3) is 0 Å². The Morgan fingerprint density at radius 2 is 1.56 bits per heavy atom. The van der Waals surface area contributed by atoms with Gasteiger partial charge in [0, 0.05) is 12.8 Å². The monoisotopic (exact) mass is 484 g/mol. The number of hydrogen-bond acceptors (Lipinski definition) is 6. The van der Waals surface area contributed by atoms with Gasteiger partial charge in [0.05, 0.1) is 13.2 Å². The van der Waals surface area contributed by atoms with Crippen molar-refractivity contribution >= 4 is 13.8 Å². The van der Waals surface area contributed by atoms with E-state index in [1.54, 1.807) is 0 Å². The summed E-state index contributed by atoms with van der Waals surface area (Å²) in [5, 5.41) is 0. The third kappa shape index (κ3) is 18.7. The fourth-order valence-electron chi connectivity index (χ4n) is 3.66. The van der Waals surface area contributed by atoms with Crippen LogP contribution in [-0.2, 0) is 23.4 Å². The van der Waals surface area contributed by atoms with E-state index in [1.807, 2.05) is 0 Å². The van der Waals surface area contributed by atoms with Gasteiger partial charge in [0.25, 0.3) is 7.82 Å². The minimum absolute atomic E-state index is 0. The van der Waals surface area contributed by atoms with E-state index in [1.165, 1.54) is 51.4 Å². The molecule has 0 aromatic heterocycles. The summed E-state index contributed by atoms with van der Waals surface area (Å²) in [6.07, 6.45) is 19.1. The number of unbranched alkanes of at least 4 members (excludes halogenated alkanes) is 11. The Hall–Kier alpha value is 0.280. The summed E-state index contributed by atoms with van der Waals surface area (Å²) in [5.74, 6) is -0.364. The summed E-state index contributed by atoms with van der Waals surface area (Å²) < 4.78 is 26.0. The van der Waals surface area contributed by atoms with Crippen molar-refractivity contribution in [1.29, 1.82) is 0 Å². The Labute approximate surface area is 216 Å². The van der Waals surface area contributed by atoms with Crippen molar-refractivity contribution in [2.45, 2.75) is 115 Å². The first kappa shape index (κ1) is 32.3. The van der Waals surface area contributed by atoms with E-state index in [9.17, 15) is 14.3 Å². The zero-order valence-electron chi connectivity index (χ0n) is 20.2. The topological polar surface area (TPSA) is 105 Å². The van der Waals surface area contributed by atoms with Crippen LogP contribution in [0.2, 0.25) is 0 Å². The number of esters is 1. The molecule has 1 aliphatic rings. The molecule has 7 nitrogen and oxygen atoms in total. The standard InChI is InChI=1S/C23H43O7P.Na/c1-2-3-4-5-6-7-8-9-10-11-12-13-14-15-16-17-23(24)29-21-18-19-28-20-22(21)30-31(25,26)27;/h9-10,21-22H,2-8,11-20H2,1H3,(H2,25,26,27);/q;+1/p-1/b10-9+;/t21-,22+;/m1./s1. The molecule has 1 rings (SSSR count). The third-order valence-corrected chi connectivity index (χ3v) is 5.97. The van der Waals surface area contributed by atoms with Crippen LogP contribution in [0.3, 0.4) is 0 Å². The van der Waals surface area contributed by atoms with E-state index in [2.05, 4.69) is 23.6 Å². The Kier molecular flexibility index (Phi) is 20.8. The number of phosphoric acid groups is 1. The van der Waals surface area contributed by atoms with Crippen LogP contribution in [0.5, 0.6) is 0 Å². The van der Waals surface area contributed by atoms with Crippen molar-refractivity contribution in [2.75, 3.05) is 13.2 Å². The molecule has 0 amide bonds. The van der Waals surface area contributed by atoms with E-state index >= 15 is 0 Å². The number of allylic oxidation sites excluding steroid dienone is 2. The quantitative estimate of drug-likeness (QED) is 0.105. The van der Waals surface area contributed by atoms with Crippen molar-refractivity contribution in [3.63, 3.8) is 0 Å². The summed E-state index contributed by atoms with van der Waals surface area (Å²) in [5.41, 5.74) is 0. The van der Waals surface area contributed by atoms with Crippen LogP contribution in [0.1, 0.15) is 103 Å². The van der Waals surface area contributed by atoms with Gasteiger partial charge in [0.2, 0.25) is 0 Å². The normalized spacial score (nSPS) is 20.6. The molecule has 182 valence electrons. The summed E-state index contributed by atoms with van der Waals surface area (Å²) in [6, 6.07) is 0. The second-order valence-corrected chi connectivity index (χ2v) is 9.49. The molecule has 0 saturated carbocycles. The minimum Gasteiger partial charge on any atom is -0.756 e. The van der Waals surface area contributed by atoms with Crippen LogP contribution >= 0.6 is 7.82 Å². The zero-order chi connectivity index (χ0) is 22.8. The largest absolute Gasteiger partial charge is 1.00 e.